The molecule has 0 aromatic carbocycles. The van der Waals surface area contributed by atoms with E-state index in [1.807, 2.05) is 0 Å². The molecule has 0 spiro atoms. The van der Waals surface area contributed by atoms with Gasteiger partial charge in [0.05, 0.1) is 12.9 Å². The highest BCUT2D eigenvalue weighted by Gasteiger charge is 2.45. The van der Waals surface area contributed by atoms with E-state index in [1.54, 1.807) is 0 Å². The van der Waals surface area contributed by atoms with Crippen LogP contribution in [0.5, 0.6) is 0 Å². The predicted molar refractivity (Wildman–Crippen MR) is 64.4 cm³/mol. The van der Waals surface area contributed by atoms with E-state index in [0.717, 1.165) is 0 Å². The molecule has 1 aromatic rings. The Morgan fingerprint density at radius 2 is 2.20 bits per heavy atom. The predicted octanol–water partition coefficient (Wildman–Crippen LogP) is -2.14. The first-order valence-electron chi connectivity index (χ1n) is 5.97. The van der Waals surface area contributed by atoms with Crippen LogP contribution in [0.2, 0.25) is 0 Å². The molecule has 10 heteroatoms. The van der Waals surface area contributed by atoms with E-state index in [9.17, 15) is 14.7 Å². The Labute approximate surface area is 112 Å². The molecular formula is C10H14FN5O4. The Hall–Kier alpha value is -1.75. The maximum atomic E-state index is 13.9. The summed E-state index contributed by atoms with van der Waals surface area (Å²) in [5.41, 5.74) is 5.76. The van der Waals surface area contributed by atoms with Gasteiger partial charge in [0.15, 0.2) is 17.9 Å². The normalized spacial score (nSPS) is 33.2. The summed E-state index contributed by atoms with van der Waals surface area (Å²) in [4.78, 5) is 7.67. The van der Waals surface area contributed by atoms with Crippen molar-refractivity contribution >= 4 is 11.7 Å². The Bertz CT molecular complexity index is 550. The maximum Gasteiger partial charge on any atom is 0.173 e. The van der Waals surface area contributed by atoms with Gasteiger partial charge in [0.25, 0.3) is 0 Å². The number of hydrogen-bond donors (Lipinski definition) is 4. The minimum Gasteiger partial charge on any atom is -0.394 e. The molecule has 110 valence electrons. The van der Waals surface area contributed by atoms with E-state index in [2.05, 4.69) is 9.98 Å². The molecule has 0 radical (unpaired) electrons. The molecule has 0 saturated carbocycles. The SMILES string of the molecule is NC1=NCN(F)c2c1ncn2[C@@H]1O[C@H](CO)[C@@H](O)[C@@H]1O. The van der Waals surface area contributed by atoms with Gasteiger partial charge in [-0.05, 0) is 0 Å². The molecule has 0 aliphatic carbocycles. The first-order valence-corrected chi connectivity index (χ1v) is 5.97. The number of anilines is 1. The number of ether oxygens (including phenoxy) is 1. The van der Waals surface area contributed by atoms with Gasteiger partial charge < -0.3 is 25.8 Å². The van der Waals surface area contributed by atoms with Crippen molar-refractivity contribution in [2.24, 2.45) is 10.7 Å². The van der Waals surface area contributed by atoms with Crippen molar-refractivity contribution in [1.29, 1.82) is 0 Å². The highest BCUT2D eigenvalue weighted by molar-refractivity contribution is 6.01. The van der Waals surface area contributed by atoms with Gasteiger partial charge in [-0.25, -0.2) is 9.98 Å². The molecule has 3 rings (SSSR count). The molecule has 0 bridgehead atoms. The topological polar surface area (TPSA) is 129 Å². The van der Waals surface area contributed by atoms with Gasteiger partial charge in [-0.3, -0.25) is 4.57 Å². The van der Waals surface area contributed by atoms with E-state index in [0.29, 0.717) is 5.12 Å². The molecule has 0 amide bonds. The molecule has 1 aromatic heterocycles. The molecule has 9 nitrogen and oxygen atoms in total. The van der Waals surface area contributed by atoms with Crippen molar-refractivity contribution in [2.45, 2.75) is 24.5 Å². The van der Waals surface area contributed by atoms with E-state index in [-0.39, 0.29) is 24.0 Å². The lowest BCUT2D eigenvalue weighted by atomic mass is 10.1. The highest BCUT2D eigenvalue weighted by Crippen LogP contribution is 2.35. The third kappa shape index (κ3) is 1.77. The quantitative estimate of drug-likeness (QED) is 0.457. The fourth-order valence-corrected chi connectivity index (χ4v) is 2.35. The minimum absolute atomic E-state index is 0.00709. The summed E-state index contributed by atoms with van der Waals surface area (Å²) in [7, 11) is 0. The number of hydrogen-bond acceptors (Lipinski definition) is 8. The number of aliphatic imine (C=N–C) groups is 1. The van der Waals surface area contributed by atoms with E-state index >= 15 is 0 Å². The van der Waals surface area contributed by atoms with Crippen molar-refractivity contribution in [1.82, 2.24) is 9.55 Å². The van der Waals surface area contributed by atoms with Gasteiger partial charge in [0, 0.05) is 0 Å². The fraction of sp³-hybridized carbons (Fsp3) is 0.600. The van der Waals surface area contributed by atoms with Gasteiger partial charge >= 0.3 is 0 Å². The first-order chi connectivity index (χ1) is 9.54. The second kappa shape index (κ2) is 4.66. The maximum absolute atomic E-state index is 13.9. The molecule has 2 aliphatic rings. The Morgan fingerprint density at radius 1 is 1.45 bits per heavy atom. The molecule has 1 saturated heterocycles. The van der Waals surface area contributed by atoms with E-state index < -0.39 is 31.1 Å². The van der Waals surface area contributed by atoms with Crippen LogP contribution in [0.1, 0.15) is 11.9 Å². The molecular weight excluding hydrogens is 273 g/mol. The molecule has 2 aliphatic heterocycles. The van der Waals surface area contributed by atoms with Gasteiger partial charge in [0.2, 0.25) is 0 Å². The standard InChI is InChI=1S/C10H14FN5O4/c11-16-3-14-8(12)5-9(16)15(2-13-5)10-7(19)6(18)4(1-17)20-10/h2,4,6-7,10,17-19H,1,3H2,(H2,12,14)/t4-,6-,7+,10-/m1/s1. The lowest BCUT2D eigenvalue weighted by Gasteiger charge is -2.23. The average molecular weight is 287 g/mol. The zero-order valence-corrected chi connectivity index (χ0v) is 10.3. The number of nitrogens with zero attached hydrogens (tertiary/aromatic N) is 4. The molecule has 3 heterocycles. The van der Waals surface area contributed by atoms with Crippen LogP contribution in [0.3, 0.4) is 0 Å². The highest BCUT2D eigenvalue weighted by atomic mass is 19.2. The van der Waals surface area contributed by atoms with Crippen molar-refractivity contribution in [3.8, 4) is 0 Å². The largest absolute Gasteiger partial charge is 0.394 e. The van der Waals surface area contributed by atoms with Crippen molar-refractivity contribution in [3.05, 3.63) is 12.0 Å². The van der Waals surface area contributed by atoms with Crippen molar-refractivity contribution in [2.75, 3.05) is 18.4 Å². The number of aliphatic hydroxyl groups excluding tert-OH is 3. The van der Waals surface area contributed by atoms with Crippen LogP contribution < -0.4 is 10.9 Å². The Morgan fingerprint density at radius 3 is 2.85 bits per heavy atom. The number of amidine groups is 1. The summed E-state index contributed by atoms with van der Waals surface area (Å²) < 4.78 is 20.4. The Kier molecular flexibility index (Phi) is 3.09. The summed E-state index contributed by atoms with van der Waals surface area (Å²) in [5, 5.41) is 29.0. The van der Waals surface area contributed by atoms with Gasteiger partial charge in [-0.2, -0.15) is 5.12 Å². The van der Waals surface area contributed by atoms with Crippen molar-refractivity contribution < 1.29 is 24.5 Å². The molecule has 20 heavy (non-hydrogen) atoms. The van der Waals surface area contributed by atoms with Crippen LogP contribution in [-0.4, -0.2) is 62.3 Å². The number of fused-ring (bicyclic) bond motifs is 1. The molecule has 0 unspecified atom stereocenters. The van der Waals surface area contributed by atoms with Crippen LogP contribution in [0.4, 0.5) is 10.3 Å². The average Bonchev–Trinajstić information content (AvgIpc) is 2.99. The summed E-state index contributed by atoms with van der Waals surface area (Å²) in [6.45, 7) is -0.756. The van der Waals surface area contributed by atoms with Crippen LogP contribution in [0.25, 0.3) is 0 Å². The second-order valence-corrected chi connectivity index (χ2v) is 4.60. The zero-order chi connectivity index (χ0) is 14.4. The summed E-state index contributed by atoms with van der Waals surface area (Å²) >= 11 is 0. The number of halogens is 1. The molecule has 5 N–H and O–H groups in total. The van der Waals surface area contributed by atoms with Crippen LogP contribution in [0.15, 0.2) is 11.3 Å². The van der Waals surface area contributed by atoms with E-state index in [4.69, 9.17) is 15.6 Å². The second-order valence-electron chi connectivity index (χ2n) is 4.60. The lowest BCUT2D eigenvalue weighted by Crippen LogP contribution is -2.34. The molecule has 1 fully saturated rings. The monoisotopic (exact) mass is 287 g/mol. The minimum atomic E-state index is -1.32. The summed E-state index contributed by atoms with van der Waals surface area (Å²) in [5.74, 6) is 0.0757. The first kappa shape index (κ1) is 13.2. The number of imidazole rings is 1. The van der Waals surface area contributed by atoms with Gasteiger partial charge in [-0.15, -0.1) is 0 Å². The summed E-state index contributed by atoms with van der Waals surface area (Å²) in [6.07, 6.45) is -3.37. The van der Waals surface area contributed by atoms with Crippen LogP contribution in [-0.2, 0) is 4.74 Å². The summed E-state index contributed by atoms with van der Waals surface area (Å²) in [6, 6.07) is 0. The smallest absolute Gasteiger partial charge is 0.173 e. The number of nitrogens with two attached hydrogens (primary N) is 1. The third-order valence-corrected chi connectivity index (χ3v) is 3.40. The van der Waals surface area contributed by atoms with Crippen LogP contribution >= 0.6 is 0 Å². The Balaban J connectivity index is 1.99. The van der Waals surface area contributed by atoms with E-state index in [1.165, 1.54) is 10.9 Å². The lowest BCUT2D eigenvalue weighted by molar-refractivity contribution is -0.0525. The van der Waals surface area contributed by atoms with Crippen molar-refractivity contribution in [3.63, 3.8) is 0 Å². The third-order valence-electron chi connectivity index (χ3n) is 3.40. The number of rotatable bonds is 2. The van der Waals surface area contributed by atoms with Crippen LogP contribution in [0, 0.1) is 0 Å². The van der Waals surface area contributed by atoms with Gasteiger partial charge in [-0.1, -0.05) is 4.48 Å². The zero-order valence-electron chi connectivity index (χ0n) is 10.3. The number of aliphatic hydroxyl groups is 3. The molecule has 4 atom stereocenters. The number of aromatic nitrogens is 2. The fourth-order valence-electron chi connectivity index (χ4n) is 2.35. The van der Waals surface area contributed by atoms with Gasteiger partial charge in [0.1, 0.15) is 30.7 Å².